The van der Waals surface area contributed by atoms with Crippen LogP contribution in [0, 0.1) is 5.92 Å². The summed E-state index contributed by atoms with van der Waals surface area (Å²) >= 11 is 0. The van der Waals surface area contributed by atoms with Crippen LogP contribution in [0.4, 0.5) is 0 Å². The molecule has 0 bridgehead atoms. The summed E-state index contributed by atoms with van der Waals surface area (Å²) in [6.07, 6.45) is 0.924. The van der Waals surface area contributed by atoms with Crippen LogP contribution in [0.25, 0.3) is 10.8 Å². The number of esters is 1. The van der Waals surface area contributed by atoms with Crippen molar-refractivity contribution in [3.8, 4) is 11.5 Å². The lowest BCUT2D eigenvalue weighted by Gasteiger charge is -2.22. The summed E-state index contributed by atoms with van der Waals surface area (Å²) < 4.78 is 30.1. The molecule has 3 aromatic rings. The molecule has 0 aliphatic rings. The number of ether oxygens (including phenoxy) is 2. The molecule has 0 heterocycles. The van der Waals surface area contributed by atoms with Crippen LogP contribution >= 0.6 is 7.37 Å². The zero-order valence-corrected chi connectivity index (χ0v) is 26.1. The van der Waals surface area contributed by atoms with Gasteiger partial charge >= 0.3 is 5.97 Å². The monoisotopic (exact) mass is 609 g/mol. The molecule has 9 nitrogen and oxygen atoms in total. The molecule has 0 radical (unpaired) electrons. The van der Waals surface area contributed by atoms with Crippen molar-refractivity contribution in [1.82, 2.24) is 5.32 Å². The molecule has 0 fully saturated rings. The maximum atomic E-state index is 13.7. The quantitative estimate of drug-likeness (QED) is 0.112. The smallest absolute Gasteiger partial charge is 0.309 e. The first-order chi connectivity index (χ1) is 20.5. The SMILES string of the molecule is CCOC(=O)[C@@H](C)CP(=O)(CCNC(=O)CCC(=O)c1cc2cc(CCC(C)=O)ccc2cc1OC)Oc1ccccc1. The standard InChI is InChI=1S/C33H40NO8P/c1-5-41-33(38)23(2)22-43(39,42-28-9-7-6-8-10-28)18-17-34-32(37)16-15-30(36)29-20-27-19-25(12-11-24(3)35)13-14-26(27)21-31(29)40-4/h6-10,13-14,19-21,23H,5,11-12,15-18,22H2,1-4H3,(H,34,37)/t23-,43?/m0/s1. The van der Waals surface area contributed by atoms with Gasteiger partial charge in [0.15, 0.2) is 5.78 Å². The fourth-order valence-corrected chi connectivity index (χ4v) is 6.92. The van der Waals surface area contributed by atoms with Gasteiger partial charge in [0.05, 0.1) is 31.4 Å². The Bertz CT molecular complexity index is 1490. The molecule has 0 aromatic heterocycles. The number of hydrogen-bond acceptors (Lipinski definition) is 8. The van der Waals surface area contributed by atoms with Crippen LogP contribution in [0.3, 0.4) is 0 Å². The number of rotatable bonds is 17. The molecule has 0 saturated heterocycles. The summed E-state index contributed by atoms with van der Waals surface area (Å²) in [6.45, 7) is 5.17. The van der Waals surface area contributed by atoms with Crippen molar-refractivity contribution in [3.05, 3.63) is 71.8 Å². The summed E-state index contributed by atoms with van der Waals surface area (Å²) in [7, 11) is -1.89. The number of aryl methyl sites for hydroxylation is 1. The van der Waals surface area contributed by atoms with E-state index in [-0.39, 0.29) is 55.8 Å². The zero-order valence-electron chi connectivity index (χ0n) is 25.2. The second kappa shape index (κ2) is 16.0. The lowest BCUT2D eigenvalue weighted by atomic mass is 9.98. The topological polar surface area (TPSA) is 125 Å². The Labute approximate surface area is 252 Å². The molecule has 1 amide bonds. The molecule has 0 aliphatic heterocycles. The molecule has 2 atom stereocenters. The van der Waals surface area contributed by atoms with Gasteiger partial charge in [0.2, 0.25) is 5.91 Å². The van der Waals surface area contributed by atoms with Crippen molar-refractivity contribution in [2.24, 2.45) is 5.92 Å². The number of methoxy groups -OCH3 is 1. The number of Topliss-reactive ketones (excluding diaryl/α,β-unsaturated/α-hetero) is 2. The molecule has 43 heavy (non-hydrogen) atoms. The predicted octanol–water partition coefficient (Wildman–Crippen LogP) is 6.01. The highest BCUT2D eigenvalue weighted by Crippen LogP contribution is 2.48. The molecular weight excluding hydrogens is 569 g/mol. The molecule has 1 N–H and O–H groups in total. The Kier molecular flexibility index (Phi) is 12.5. The first-order valence-electron chi connectivity index (χ1n) is 14.4. The normalized spacial score (nSPS) is 13.0. The molecular formula is C33H40NO8P. The minimum atomic E-state index is -3.38. The molecule has 230 valence electrons. The Morgan fingerprint density at radius 2 is 1.67 bits per heavy atom. The summed E-state index contributed by atoms with van der Waals surface area (Å²) in [5.41, 5.74) is 1.37. The Balaban J connectivity index is 1.61. The van der Waals surface area contributed by atoms with Crippen molar-refractivity contribution in [2.45, 2.75) is 46.5 Å². The highest BCUT2D eigenvalue weighted by molar-refractivity contribution is 7.59. The number of carbonyl (C=O) groups is 4. The first-order valence-corrected chi connectivity index (χ1v) is 16.4. The van der Waals surface area contributed by atoms with E-state index in [2.05, 4.69) is 5.32 Å². The lowest BCUT2D eigenvalue weighted by Crippen LogP contribution is -2.29. The molecule has 1 unspecified atom stereocenters. The molecule has 3 aromatic carbocycles. The van der Waals surface area contributed by atoms with E-state index in [1.807, 2.05) is 24.3 Å². The number of amides is 1. The van der Waals surface area contributed by atoms with Crippen LogP contribution in [0.15, 0.2) is 60.7 Å². The number of hydrogen-bond donors (Lipinski definition) is 1. The Morgan fingerprint density at radius 1 is 0.930 bits per heavy atom. The fraction of sp³-hybridized carbons (Fsp3) is 0.394. The molecule has 3 rings (SSSR count). The summed E-state index contributed by atoms with van der Waals surface area (Å²) in [5, 5.41) is 4.48. The molecule has 10 heteroatoms. The minimum absolute atomic E-state index is 0.00971. The third-order valence-electron chi connectivity index (χ3n) is 6.90. The van der Waals surface area contributed by atoms with Gasteiger partial charge in [0, 0.05) is 32.0 Å². The molecule has 0 spiro atoms. The number of ketones is 2. The Morgan fingerprint density at radius 3 is 2.35 bits per heavy atom. The maximum Gasteiger partial charge on any atom is 0.309 e. The number of benzene rings is 3. The van der Waals surface area contributed by atoms with Crippen molar-refractivity contribution in [1.29, 1.82) is 0 Å². The van der Waals surface area contributed by atoms with Gasteiger partial charge in [-0.25, -0.2) is 0 Å². The van der Waals surface area contributed by atoms with Crippen molar-refractivity contribution >= 4 is 41.6 Å². The highest BCUT2D eigenvalue weighted by atomic mass is 31.2. The first kappa shape index (κ1) is 33.5. The molecule has 0 aliphatic carbocycles. The van der Waals surface area contributed by atoms with Crippen LogP contribution in [0.2, 0.25) is 0 Å². The van der Waals surface area contributed by atoms with Gasteiger partial charge in [-0.15, -0.1) is 0 Å². The van der Waals surface area contributed by atoms with Crippen LogP contribution in [-0.2, 0) is 30.1 Å². The number of fused-ring (bicyclic) bond motifs is 1. The largest absolute Gasteiger partial charge is 0.496 e. The van der Waals surface area contributed by atoms with Gasteiger partial charge < -0.3 is 24.1 Å². The van der Waals surface area contributed by atoms with Gasteiger partial charge in [-0.1, -0.05) is 43.3 Å². The summed E-state index contributed by atoms with van der Waals surface area (Å²) in [4.78, 5) is 49.4. The van der Waals surface area contributed by atoms with Gasteiger partial charge in [0.1, 0.15) is 17.3 Å². The van der Waals surface area contributed by atoms with Crippen molar-refractivity contribution in [2.75, 3.05) is 32.6 Å². The van der Waals surface area contributed by atoms with Crippen molar-refractivity contribution < 1.29 is 37.7 Å². The highest BCUT2D eigenvalue weighted by Gasteiger charge is 2.31. The van der Waals surface area contributed by atoms with E-state index in [1.165, 1.54) is 7.11 Å². The second-order valence-corrected chi connectivity index (χ2v) is 13.1. The zero-order chi connectivity index (χ0) is 31.4. The summed E-state index contributed by atoms with van der Waals surface area (Å²) in [6, 6.07) is 18.1. The average Bonchev–Trinajstić information content (AvgIpc) is 2.98. The van der Waals surface area contributed by atoms with E-state index in [1.54, 1.807) is 57.2 Å². The fourth-order valence-electron chi connectivity index (χ4n) is 4.63. The second-order valence-electron chi connectivity index (χ2n) is 10.5. The van der Waals surface area contributed by atoms with E-state index in [0.717, 1.165) is 16.3 Å². The minimum Gasteiger partial charge on any atom is -0.496 e. The number of nitrogens with one attached hydrogen (secondary N) is 1. The van der Waals surface area contributed by atoms with E-state index < -0.39 is 19.3 Å². The van der Waals surface area contributed by atoms with E-state index in [4.69, 9.17) is 14.0 Å². The average molecular weight is 610 g/mol. The Hall–Kier alpha value is -3.97. The van der Waals surface area contributed by atoms with Gasteiger partial charge in [-0.3, -0.25) is 18.9 Å². The van der Waals surface area contributed by atoms with Crippen LogP contribution < -0.4 is 14.6 Å². The lowest BCUT2D eigenvalue weighted by molar-refractivity contribution is -0.146. The molecule has 0 saturated carbocycles. The van der Waals surface area contributed by atoms with Gasteiger partial charge in [-0.2, -0.15) is 0 Å². The van der Waals surface area contributed by atoms with Crippen LogP contribution in [0.1, 0.15) is 56.0 Å². The van der Waals surface area contributed by atoms with Crippen LogP contribution in [0.5, 0.6) is 11.5 Å². The van der Waals surface area contributed by atoms with Gasteiger partial charge in [0.25, 0.3) is 7.37 Å². The predicted molar refractivity (Wildman–Crippen MR) is 166 cm³/mol. The van der Waals surface area contributed by atoms with E-state index in [9.17, 15) is 23.7 Å². The maximum absolute atomic E-state index is 13.7. The van der Waals surface area contributed by atoms with E-state index >= 15 is 0 Å². The third-order valence-corrected chi connectivity index (χ3v) is 9.45. The number of carbonyl (C=O) groups excluding carboxylic acids is 4. The van der Waals surface area contributed by atoms with E-state index in [0.29, 0.717) is 29.9 Å². The van der Waals surface area contributed by atoms with Crippen molar-refractivity contribution in [3.63, 3.8) is 0 Å². The third kappa shape index (κ3) is 10.4. The van der Waals surface area contributed by atoms with Gasteiger partial charge in [-0.05, 0) is 60.9 Å². The number of para-hydroxylation sites is 1. The van der Waals surface area contributed by atoms with Crippen LogP contribution in [-0.4, -0.2) is 56.0 Å². The summed E-state index contributed by atoms with van der Waals surface area (Å²) in [5.74, 6) is -0.781.